The van der Waals surface area contributed by atoms with E-state index in [-0.39, 0.29) is 0 Å². The number of para-hydroxylation sites is 2. The van der Waals surface area contributed by atoms with Crippen LogP contribution in [-0.2, 0) is 9.53 Å². The predicted molar refractivity (Wildman–Crippen MR) is 60.4 cm³/mol. The molecule has 0 radical (unpaired) electrons. The topological polar surface area (TPSA) is 76.1 Å². The molecule has 1 N–H and O–H groups in total. The molecule has 1 aromatic carbocycles. The Morgan fingerprint density at radius 1 is 1.29 bits per heavy atom. The normalized spacial score (nSPS) is 9.53. The van der Waals surface area contributed by atoms with Crippen LogP contribution in [0.5, 0.6) is 5.75 Å². The van der Waals surface area contributed by atoms with Crippen molar-refractivity contribution in [2.24, 2.45) is 0 Å². The number of hydrogen-bond acceptors (Lipinski definition) is 4. The first-order valence-corrected chi connectivity index (χ1v) is 4.80. The van der Waals surface area contributed by atoms with E-state index in [9.17, 15) is 9.59 Å². The van der Waals surface area contributed by atoms with Crippen molar-refractivity contribution >= 4 is 17.7 Å². The fourth-order valence-electron chi connectivity index (χ4n) is 1.35. The van der Waals surface area contributed by atoms with Gasteiger partial charge in [0.25, 0.3) is 0 Å². The Kier molecular flexibility index (Phi) is 4.33. The lowest BCUT2D eigenvalue weighted by molar-refractivity contribution is -0.135. The summed E-state index contributed by atoms with van der Waals surface area (Å²) in [5, 5.41) is 8.76. The Bertz CT molecular complexity index is 418. The van der Waals surface area contributed by atoms with Crippen molar-refractivity contribution in [3.63, 3.8) is 0 Å². The Morgan fingerprint density at radius 3 is 2.47 bits per heavy atom. The Morgan fingerprint density at radius 2 is 1.94 bits per heavy atom. The summed E-state index contributed by atoms with van der Waals surface area (Å²) in [4.78, 5) is 23.2. The number of nitrogens with zero attached hydrogens (tertiary/aromatic N) is 1. The summed E-state index contributed by atoms with van der Waals surface area (Å²) in [6, 6.07) is 6.61. The van der Waals surface area contributed by atoms with Gasteiger partial charge < -0.3 is 14.6 Å². The molecule has 6 nitrogen and oxygen atoms in total. The predicted octanol–water partition coefficient (Wildman–Crippen LogP) is 1.35. The van der Waals surface area contributed by atoms with Gasteiger partial charge in [0.1, 0.15) is 12.3 Å². The minimum Gasteiger partial charge on any atom is -0.495 e. The number of carbonyl (C=O) groups excluding carboxylic acids is 1. The molecule has 0 saturated heterocycles. The van der Waals surface area contributed by atoms with Gasteiger partial charge in [0.2, 0.25) is 0 Å². The van der Waals surface area contributed by atoms with Crippen molar-refractivity contribution in [1.82, 2.24) is 0 Å². The number of rotatable bonds is 4. The molecule has 0 saturated carbocycles. The van der Waals surface area contributed by atoms with Crippen molar-refractivity contribution in [3.8, 4) is 5.75 Å². The third-order valence-electron chi connectivity index (χ3n) is 2.06. The molecular formula is C11H13NO5. The fourth-order valence-corrected chi connectivity index (χ4v) is 1.35. The number of carbonyl (C=O) groups is 2. The zero-order chi connectivity index (χ0) is 12.8. The molecule has 6 heteroatoms. The first-order chi connectivity index (χ1) is 8.10. The molecule has 0 atom stereocenters. The zero-order valence-electron chi connectivity index (χ0n) is 9.54. The number of carboxylic acids is 1. The molecule has 0 aliphatic carbocycles. The minimum atomic E-state index is -1.14. The zero-order valence-corrected chi connectivity index (χ0v) is 9.54. The maximum atomic E-state index is 11.5. The second-order valence-corrected chi connectivity index (χ2v) is 3.12. The highest BCUT2D eigenvalue weighted by Gasteiger charge is 2.22. The average Bonchev–Trinajstić information content (AvgIpc) is 2.34. The summed E-state index contributed by atoms with van der Waals surface area (Å²) >= 11 is 0. The molecule has 0 heterocycles. The molecule has 0 bridgehead atoms. The monoisotopic (exact) mass is 239 g/mol. The van der Waals surface area contributed by atoms with Crippen molar-refractivity contribution in [1.29, 1.82) is 0 Å². The number of carboxylic acid groups (broad SMARTS) is 1. The van der Waals surface area contributed by atoms with Crippen LogP contribution in [0, 0.1) is 0 Å². The highest BCUT2D eigenvalue weighted by Crippen LogP contribution is 2.27. The van der Waals surface area contributed by atoms with Crippen molar-refractivity contribution in [2.45, 2.75) is 0 Å². The van der Waals surface area contributed by atoms with Gasteiger partial charge in [-0.05, 0) is 12.1 Å². The van der Waals surface area contributed by atoms with E-state index in [1.54, 1.807) is 24.3 Å². The number of anilines is 1. The summed E-state index contributed by atoms with van der Waals surface area (Å²) in [5.74, 6) is -0.736. The maximum absolute atomic E-state index is 11.5. The molecule has 1 aromatic rings. The quantitative estimate of drug-likeness (QED) is 0.858. The first kappa shape index (κ1) is 12.8. The van der Waals surface area contributed by atoms with E-state index < -0.39 is 18.6 Å². The van der Waals surface area contributed by atoms with Gasteiger partial charge >= 0.3 is 12.1 Å². The Labute approximate surface area is 98.4 Å². The van der Waals surface area contributed by atoms with Gasteiger partial charge in [-0.2, -0.15) is 0 Å². The summed E-state index contributed by atoms with van der Waals surface area (Å²) in [6.07, 6.45) is -0.753. The van der Waals surface area contributed by atoms with E-state index in [0.29, 0.717) is 11.4 Å². The van der Waals surface area contributed by atoms with E-state index in [2.05, 4.69) is 4.74 Å². The van der Waals surface area contributed by atoms with Crippen molar-refractivity contribution in [3.05, 3.63) is 24.3 Å². The third kappa shape index (κ3) is 3.10. The highest BCUT2D eigenvalue weighted by atomic mass is 16.5. The second-order valence-electron chi connectivity index (χ2n) is 3.12. The lowest BCUT2D eigenvalue weighted by atomic mass is 10.2. The maximum Gasteiger partial charge on any atom is 0.414 e. The van der Waals surface area contributed by atoms with Gasteiger partial charge in [-0.3, -0.25) is 9.69 Å². The molecule has 92 valence electrons. The van der Waals surface area contributed by atoms with E-state index in [1.165, 1.54) is 14.2 Å². The number of amides is 1. The van der Waals surface area contributed by atoms with Gasteiger partial charge in [-0.15, -0.1) is 0 Å². The van der Waals surface area contributed by atoms with Crippen molar-refractivity contribution in [2.75, 3.05) is 25.7 Å². The molecule has 1 amide bonds. The van der Waals surface area contributed by atoms with Gasteiger partial charge in [-0.25, -0.2) is 4.79 Å². The summed E-state index contributed by atoms with van der Waals surface area (Å²) < 4.78 is 9.60. The lowest BCUT2D eigenvalue weighted by Crippen LogP contribution is -2.35. The number of ether oxygens (including phenoxy) is 2. The van der Waals surface area contributed by atoms with Gasteiger partial charge in [0.05, 0.1) is 19.9 Å². The standard InChI is InChI=1S/C11H13NO5/c1-16-9-6-4-3-5-8(9)12(7-10(13)14)11(15)17-2/h3-6H,7H2,1-2H3,(H,13,14). The Balaban J connectivity index is 3.11. The van der Waals surface area contributed by atoms with Crippen LogP contribution >= 0.6 is 0 Å². The molecule has 1 rings (SSSR count). The van der Waals surface area contributed by atoms with Gasteiger partial charge in [-0.1, -0.05) is 12.1 Å². The van der Waals surface area contributed by atoms with Crippen LogP contribution in [0.3, 0.4) is 0 Å². The Hall–Kier alpha value is -2.24. The minimum absolute atomic E-state index is 0.351. The molecule has 0 spiro atoms. The number of methoxy groups -OCH3 is 2. The smallest absolute Gasteiger partial charge is 0.414 e. The van der Waals surface area contributed by atoms with Crippen LogP contribution in [0.25, 0.3) is 0 Å². The summed E-state index contributed by atoms with van der Waals surface area (Å²) in [6.45, 7) is -0.493. The molecular weight excluding hydrogens is 226 g/mol. The van der Waals surface area contributed by atoms with Crippen LogP contribution in [0.4, 0.5) is 10.5 Å². The van der Waals surface area contributed by atoms with E-state index in [4.69, 9.17) is 9.84 Å². The largest absolute Gasteiger partial charge is 0.495 e. The molecule has 0 aromatic heterocycles. The van der Waals surface area contributed by atoms with Crippen LogP contribution in [0.15, 0.2) is 24.3 Å². The van der Waals surface area contributed by atoms with E-state index >= 15 is 0 Å². The second kappa shape index (κ2) is 5.74. The number of hydrogen-bond donors (Lipinski definition) is 1. The third-order valence-corrected chi connectivity index (χ3v) is 2.06. The van der Waals surface area contributed by atoms with Crippen molar-refractivity contribution < 1.29 is 24.2 Å². The van der Waals surface area contributed by atoms with Crippen LogP contribution in [0.2, 0.25) is 0 Å². The van der Waals surface area contributed by atoms with Crippen LogP contribution < -0.4 is 9.64 Å². The van der Waals surface area contributed by atoms with E-state index in [1.807, 2.05) is 0 Å². The van der Waals surface area contributed by atoms with Gasteiger partial charge in [0, 0.05) is 0 Å². The molecule has 0 aliphatic rings. The molecule has 0 aliphatic heterocycles. The number of aliphatic carboxylic acids is 1. The summed E-state index contributed by atoms with van der Waals surface area (Å²) in [5.41, 5.74) is 0.351. The average molecular weight is 239 g/mol. The van der Waals surface area contributed by atoms with Gasteiger partial charge in [0.15, 0.2) is 0 Å². The summed E-state index contributed by atoms with van der Waals surface area (Å²) in [7, 11) is 2.63. The number of benzene rings is 1. The highest BCUT2D eigenvalue weighted by molar-refractivity contribution is 5.94. The molecule has 0 fully saturated rings. The lowest BCUT2D eigenvalue weighted by Gasteiger charge is -2.21. The molecule has 0 unspecified atom stereocenters. The fraction of sp³-hybridized carbons (Fsp3) is 0.273. The SMILES string of the molecule is COC(=O)N(CC(=O)O)c1ccccc1OC. The van der Waals surface area contributed by atoms with Crippen LogP contribution in [-0.4, -0.2) is 37.9 Å². The van der Waals surface area contributed by atoms with E-state index in [0.717, 1.165) is 4.90 Å². The van der Waals surface area contributed by atoms with Crippen LogP contribution in [0.1, 0.15) is 0 Å². The molecule has 17 heavy (non-hydrogen) atoms. The first-order valence-electron chi connectivity index (χ1n) is 4.80.